The van der Waals surface area contributed by atoms with E-state index in [0.717, 1.165) is 45.8 Å². The van der Waals surface area contributed by atoms with Crippen LogP contribution in [0.5, 0.6) is 0 Å². The summed E-state index contributed by atoms with van der Waals surface area (Å²) in [6, 6.07) is 12.7. The molecule has 1 saturated heterocycles. The molecule has 2 unspecified atom stereocenters. The molecule has 3 aromatic rings. The lowest BCUT2D eigenvalue weighted by molar-refractivity contribution is 0.768. The molecule has 5 nitrogen and oxygen atoms in total. The number of rotatable bonds is 6. The number of hydrogen-bond donors (Lipinski definition) is 1. The summed E-state index contributed by atoms with van der Waals surface area (Å²) in [5.74, 6) is 0.920. The van der Waals surface area contributed by atoms with Crippen molar-refractivity contribution < 1.29 is 0 Å². The van der Waals surface area contributed by atoms with E-state index in [-0.39, 0.29) is 0 Å². The zero-order valence-corrected chi connectivity index (χ0v) is 19.4. The second-order valence-corrected chi connectivity index (χ2v) is 9.51. The fourth-order valence-electron chi connectivity index (χ4n) is 3.89. The molecule has 1 fully saturated rings. The summed E-state index contributed by atoms with van der Waals surface area (Å²) >= 11 is 1.99. The van der Waals surface area contributed by atoms with E-state index in [1.165, 1.54) is 6.42 Å². The molecule has 4 rings (SSSR count). The van der Waals surface area contributed by atoms with Crippen molar-refractivity contribution in [2.45, 2.75) is 37.3 Å². The molecular formula is C25H29N5S. The standard InChI is InChI=1S/C25H29N5S/c1-5-18(14-26-3)22-10-11-23(28-25(22)29-24-12-9-17(2)31-24)20-8-6-7-19(13-20)21-15-27-30(4)16-21/h5-8,10-11,13-17,24H,9,12H2,1-4H3,(H,28,29)/b18-5+,26-14?. The lowest BCUT2D eigenvalue weighted by Crippen LogP contribution is -2.14. The van der Waals surface area contributed by atoms with Gasteiger partial charge in [0.1, 0.15) is 5.82 Å². The van der Waals surface area contributed by atoms with Crippen molar-refractivity contribution in [2.24, 2.45) is 12.0 Å². The largest absolute Gasteiger partial charge is 0.358 e. The van der Waals surface area contributed by atoms with E-state index in [9.17, 15) is 0 Å². The van der Waals surface area contributed by atoms with Crippen LogP contribution in [0.1, 0.15) is 32.3 Å². The third kappa shape index (κ3) is 4.90. The Morgan fingerprint density at radius 3 is 2.71 bits per heavy atom. The zero-order chi connectivity index (χ0) is 21.8. The third-order valence-electron chi connectivity index (χ3n) is 5.51. The fourth-order valence-corrected chi connectivity index (χ4v) is 5.18. The number of thioether (sulfide) groups is 1. The molecule has 2 atom stereocenters. The van der Waals surface area contributed by atoms with Crippen molar-refractivity contribution in [3.05, 3.63) is 60.4 Å². The van der Waals surface area contributed by atoms with Gasteiger partial charge in [0.2, 0.25) is 0 Å². The average Bonchev–Trinajstić information content (AvgIpc) is 3.40. The van der Waals surface area contributed by atoms with E-state index in [4.69, 9.17) is 4.98 Å². The smallest absolute Gasteiger partial charge is 0.135 e. The van der Waals surface area contributed by atoms with Gasteiger partial charge in [-0.3, -0.25) is 9.67 Å². The molecule has 3 heterocycles. The van der Waals surface area contributed by atoms with E-state index in [1.807, 2.05) is 49.0 Å². The SMILES string of the molecule is C/C=C(\C=NC)c1ccc(-c2cccc(-c3cnn(C)c3)c2)nc1NC1CCC(C)S1. The van der Waals surface area contributed by atoms with Gasteiger partial charge in [-0.15, -0.1) is 11.8 Å². The van der Waals surface area contributed by atoms with Gasteiger partial charge >= 0.3 is 0 Å². The van der Waals surface area contributed by atoms with Crippen LogP contribution in [0, 0.1) is 0 Å². The molecule has 6 heteroatoms. The van der Waals surface area contributed by atoms with E-state index >= 15 is 0 Å². The van der Waals surface area contributed by atoms with Crippen LogP contribution in [0.25, 0.3) is 28.0 Å². The second-order valence-electron chi connectivity index (χ2n) is 7.86. The van der Waals surface area contributed by atoms with E-state index in [0.29, 0.717) is 10.6 Å². The lowest BCUT2D eigenvalue weighted by Gasteiger charge is -2.18. The van der Waals surface area contributed by atoms with Crippen LogP contribution in [-0.4, -0.2) is 38.7 Å². The van der Waals surface area contributed by atoms with Gasteiger partial charge in [0.05, 0.1) is 17.3 Å². The van der Waals surface area contributed by atoms with Crippen molar-refractivity contribution in [1.82, 2.24) is 14.8 Å². The van der Waals surface area contributed by atoms with Gasteiger partial charge in [0.15, 0.2) is 0 Å². The van der Waals surface area contributed by atoms with Gasteiger partial charge in [0.25, 0.3) is 0 Å². The van der Waals surface area contributed by atoms with E-state index < -0.39 is 0 Å². The number of allylic oxidation sites excluding steroid dienone is 2. The highest BCUT2D eigenvalue weighted by molar-refractivity contribution is 8.00. The number of pyridine rings is 1. The van der Waals surface area contributed by atoms with Gasteiger partial charge < -0.3 is 5.32 Å². The molecule has 160 valence electrons. The Hall–Kier alpha value is -2.86. The first-order valence-electron chi connectivity index (χ1n) is 10.7. The first-order valence-corrected chi connectivity index (χ1v) is 11.6. The minimum atomic E-state index is 0.384. The summed E-state index contributed by atoms with van der Waals surface area (Å²) in [6.45, 7) is 4.33. The van der Waals surface area contributed by atoms with Crippen molar-refractivity contribution in [3.8, 4) is 22.4 Å². The zero-order valence-electron chi connectivity index (χ0n) is 18.5. The molecule has 2 aromatic heterocycles. The Morgan fingerprint density at radius 1 is 1.19 bits per heavy atom. The van der Waals surface area contributed by atoms with Crippen LogP contribution in [0.3, 0.4) is 0 Å². The minimum Gasteiger partial charge on any atom is -0.358 e. The quantitative estimate of drug-likeness (QED) is 0.493. The normalized spacial score (nSPS) is 19.3. The number of benzene rings is 1. The number of anilines is 1. The van der Waals surface area contributed by atoms with Crippen molar-refractivity contribution >= 4 is 29.4 Å². The number of aryl methyl sites for hydroxylation is 1. The monoisotopic (exact) mass is 431 g/mol. The number of hydrogen-bond acceptors (Lipinski definition) is 5. The average molecular weight is 432 g/mol. The Labute approximate surface area is 188 Å². The van der Waals surface area contributed by atoms with Gasteiger partial charge in [-0.2, -0.15) is 5.10 Å². The maximum atomic E-state index is 5.07. The Kier molecular flexibility index (Phi) is 6.56. The van der Waals surface area contributed by atoms with Crippen LogP contribution in [-0.2, 0) is 7.05 Å². The highest BCUT2D eigenvalue weighted by Crippen LogP contribution is 2.36. The number of aromatic nitrogens is 3. The summed E-state index contributed by atoms with van der Waals surface area (Å²) in [5.41, 5.74) is 6.44. The molecule has 0 spiro atoms. The highest BCUT2D eigenvalue weighted by Gasteiger charge is 2.23. The summed E-state index contributed by atoms with van der Waals surface area (Å²) in [7, 11) is 3.74. The van der Waals surface area contributed by atoms with Crippen LogP contribution in [0.4, 0.5) is 5.82 Å². The summed E-state index contributed by atoms with van der Waals surface area (Å²) in [6.07, 6.45) is 10.3. The van der Waals surface area contributed by atoms with Crippen molar-refractivity contribution in [3.63, 3.8) is 0 Å². The van der Waals surface area contributed by atoms with Gasteiger partial charge in [-0.05, 0) is 49.1 Å². The lowest BCUT2D eigenvalue weighted by atomic mass is 10.0. The Balaban J connectivity index is 1.73. The number of aliphatic imine (C=N–C) groups is 1. The molecule has 1 aromatic carbocycles. The molecular weight excluding hydrogens is 402 g/mol. The molecule has 1 N–H and O–H groups in total. The van der Waals surface area contributed by atoms with Crippen molar-refractivity contribution in [1.29, 1.82) is 0 Å². The van der Waals surface area contributed by atoms with Gasteiger partial charge in [-0.1, -0.05) is 31.2 Å². The van der Waals surface area contributed by atoms with E-state index in [1.54, 1.807) is 7.05 Å². The summed E-state index contributed by atoms with van der Waals surface area (Å²) in [4.78, 5) is 9.31. The molecule has 0 radical (unpaired) electrons. The summed E-state index contributed by atoms with van der Waals surface area (Å²) in [5, 5.41) is 9.07. The van der Waals surface area contributed by atoms with E-state index in [2.05, 4.69) is 64.8 Å². The van der Waals surface area contributed by atoms with Crippen molar-refractivity contribution in [2.75, 3.05) is 12.4 Å². The number of nitrogens with one attached hydrogen (secondary N) is 1. The topological polar surface area (TPSA) is 55.1 Å². The predicted octanol–water partition coefficient (Wildman–Crippen LogP) is 5.91. The highest BCUT2D eigenvalue weighted by atomic mass is 32.2. The van der Waals surface area contributed by atoms with Crippen LogP contribution >= 0.6 is 11.8 Å². The van der Waals surface area contributed by atoms with Gasteiger partial charge in [0, 0.05) is 48.4 Å². The molecule has 0 amide bonds. The summed E-state index contributed by atoms with van der Waals surface area (Å²) < 4.78 is 1.82. The second kappa shape index (κ2) is 9.52. The van der Waals surface area contributed by atoms with Crippen LogP contribution < -0.4 is 5.32 Å². The third-order valence-corrected chi connectivity index (χ3v) is 6.89. The number of nitrogens with zero attached hydrogens (tertiary/aromatic N) is 4. The fraction of sp³-hybridized carbons (Fsp3) is 0.320. The molecule has 0 bridgehead atoms. The maximum absolute atomic E-state index is 5.07. The molecule has 1 aliphatic heterocycles. The molecule has 1 aliphatic rings. The Bertz CT molecular complexity index is 1110. The Morgan fingerprint density at radius 2 is 2.03 bits per heavy atom. The van der Waals surface area contributed by atoms with Crippen LogP contribution in [0.2, 0.25) is 0 Å². The molecule has 0 saturated carbocycles. The predicted molar refractivity (Wildman–Crippen MR) is 134 cm³/mol. The first-order chi connectivity index (χ1) is 15.1. The van der Waals surface area contributed by atoms with Crippen LogP contribution in [0.15, 0.2) is 59.9 Å². The molecule has 31 heavy (non-hydrogen) atoms. The first kappa shape index (κ1) is 21.4. The van der Waals surface area contributed by atoms with Gasteiger partial charge in [-0.25, -0.2) is 4.98 Å². The maximum Gasteiger partial charge on any atom is 0.135 e. The molecule has 0 aliphatic carbocycles. The minimum absolute atomic E-state index is 0.384.